The van der Waals surface area contributed by atoms with Crippen molar-refractivity contribution in [2.24, 2.45) is 0 Å². The third kappa shape index (κ3) is 9.80. The van der Waals surface area contributed by atoms with Gasteiger partial charge < -0.3 is 18.9 Å². The minimum atomic E-state index is -3.72. The number of rotatable bonds is 6. The monoisotopic (exact) mass is 838 g/mol. The molecule has 0 atom stereocenters. The van der Waals surface area contributed by atoms with E-state index in [1.54, 1.807) is 50.6 Å². The lowest BCUT2D eigenvalue weighted by atomic mass is 10.0. The Labute approximate surface area is 319 Å². The highest BCUT2D eigenvalue weighted by Crippen LogP contribution is 2.47. The van der Waals surface area contributed by atoms with Gasteiger partial charge in [-0.15, -0.1) is 0 Å². The average molecular weight is 841 g/mol. The molecule has 0 spiro atoms. The molecule has 268 valence electrons. The molecule has 0 bridgehead atoms. The molecule has 0 saturated heterocycles. The lowest BCUT2D eigenvalue weighted by Gasteiger charge is -2.15. The van der Waals surface area contributed by atoms with Crippen molar-refractivity contribution in [2.75, 3.05) is 28.4 Å². The molecule has 0 unspecified atom stereocenters. The van der Waals surface area contributed by atoms with Crippen LogP contribution in [0.1, 0.15) is 0 Å². The van der Waals surface area contributed by atoms with Crippen LogP contribution in [0.25, 0.3) is 44.1 Å². The molecule has 0 saturated carbocycles. The summed E-state index contributed by atoms with van der Waals surface area (Å²) in [5.41, 5.74) is 2.33. The average Bonchev–Trinajstić information content (AvgIpc) is 3.08. The van der Waals surface area contributed by atoms with Crippen molar-refractivity contribution in [3.63, 3.8) is 0 Å². The number of aromatic nitrogens is 4. The van der Waals surface area contributed by atoms with Gasteiger partial charge in [0.2, 0.25) is 10.6 Å². The summed E-state index contributed by atoms with van der Waals surface area (Å²) in [7, 11) is 10.8. The Kier molecular flexibility index (Phi) is 13.5. The summed E-state index contributed by atoms with van der Waals surface area (Å²) in [6.07, 6.45) is 2.68. The van der Waals surface area contributed by atoms with Crippen molar-refractivity contribution in [2.45, 2.75) is 0 Å². The molecule has 0 aliphatic carbocycles. The van der Waals surface area contributed by atoms with Gasteiger partial charge in [-0.05, 0) is 65.2 Å². The zero-order valence-electron chi connectivity index (χ0n) is 26.4. The fourth-order valence-corrected chi connectivity index (χ4v) is 5.58. The van der Waals surface area contributed by atoms with E-state index >= 15 is 0 Å². The molecule has 0 N–H and O–H groups in total. The highest BCUT2D eigenvalue weighted by molar-refractivity contribution is 8.31. The Morgan fingerprint density at radius 3 is 1.43 bits per heavy atom. The van der Waals surface area contributed by atoms with Crippen LogP contribution in [0.2, 0.25) is 20.6 Å². The van der Waals surface area contributed by atoms with Crippen molar-refractivity contribution < 1.29 is 36.1 Å². The van der Waals surface area contributed by atoms with Crippen LogP contribution in [0.15, 0.2) is 60.9 Å². The van der Waals surface area contributed by atoms with Gasteiger partial charge in [-0.25, -0.2) is 28.7 Å². The molecule has 0 radical (unpaired) electrons. The van der Waals surface area contributed by atoms with E-state index in [2.05, 4.69) is 41.3 Å². The lowest BCUT2D eigenvalue weighted by molar-refractivity contribution is 0.394. The number of fused-ring (bicyclic) bond motifs is 2. The third-order valence-corrected chi connectivity index (χ3v) is 7.96. The molecule has 51 heavy (non-hydrogen) atoms. The van der Waals surface area contributed by atoms with Crippen LogP contribution in [0.4, 0.5) is 8.78 Å². The van der Waals surface area contributed by atoms with E-state index in [4.69, 9.17) is 73.8 Å². The molecule has 6 aromatic rings. The first kappa shape index (κ1) is 40.1. The molecule has 10 nitrogen and oxygen atoms in total. The predicted octanol–water partition coefficient (Wildman–Crippen LogP) is 10.2. The third-order valence-electron chi connectivity index (χ3n) is 6.84. The fourth-order valence-electron chi connectivity index (χ4n) is 4.60. The maximum Gasteiger partial charge on any atom is 0.317 e. The fraction of sp³-hybridized carbons (Fsp3) is 0.125. The van der Waals surface area contributed by atoms with Gasteiger partial charge in [0.05, 0.1) is 60.3 Å². The van der Waals surface area contributed by atoms with E-state index in [1.807, 2.05) is 0 Å². The number of hydrogen-bond donors (Lipinski definition) is 0. The van der Waals surface area contributed by atoms with Crippen LogP contribution in [-0.4, -0.2) is 56.8 Å². The molecule has 0 amide bonds. The maximum atomic E-state index is 15.0. The van der Waals surface area contributed by atoms with E-state index in [-0.39, 0.29) is 37.1 Å². The summed E-state index contributed by atoms with van der Waals surface area (Å²) >= 11 is 24.2. The molecule has 2 aromatic heterocycles. The highest BCUT2D eigenvalue weighted by atomic mass is 36.0. The molecular weight excluding hydrogens is 819 g/mol. The molecular formula is C32H22Cl6F2N4O6S. The number of benzene rings is 4. The Balaban J connectivity index is 0.000000203. The van der Waals surface area contributed by atoms with Gasteiger partial charge in [0.1, 0.15) is 34.6 Å². The van der Waals surface area contributed by atoms with Gasteiger partial charge in [0.15, 0.2) is 0 Å². The number of ether oxygens (including phenoxy) is 4. The largest absolute Gasteiger partial charge is 0.497 e. The second kappa shape index (κ2) is 17.2. The van der Waals surface area contributed by atoms with Gasteiger partial charge in [-0.2, -0.15) is 8.42 Å². The van der Waals surface area contributed by atoms with Crippen molar-refractivity contribution in [1.29, 1.82) is 0 Å². The standard InChI is InChI=1S/C16H10Cl3FN2O2.C16H12ClFN2O2.Cl2O2S/c1-23-10-5-11(24-2)14(18)12(13(10)17)7-3-4-9-8(15(7)20)6-21-16(19)22-9;1-21-10-5-9(6-11(7-10)22-2)12-3-4-14-13(15(12)18)8-19-16(17)20-14;1-5(2,3)4/h3-6H,1-2H3;3-8H,1-2H3;. The SMILES string of the molecule is COc1cc(OC)c(Cl)c(-c2ccc3nc(Cl)ncc3c2F)c1Cl.COc1cc(OC)cc(-c2ccc3nc(Cl)ncc3c2F)c1.O=S(=O)(Cl)Cl. The van der Waals surface area contributed by atoms with E-state index in [1.165, 1.54) is 38.7 Å². The molecule has 19 heteroatoms. The molecule has 0 aliphatic heterocycles. The van der Waals surface area contributed by atoms with Gasteiger partial charge in [0.25, 0.3) is 0 Å². The molecule has 0 aliphatic rings. The molecule has 2 heterocycles. The minimum Gasteiger partial charge on any atom is -0.497 e. The maximum absolute atomic E-state index is 15.0. The van der Waals surface area contributed by atoms with Crippen molar-refractivity contribution >= 4 is 97.8 Å². The van der Waals surface area contributed by atoms with Crippen LogP contribution in [0.3, 0.4) is 0 Å². The van der Waals surface area contributed by atoms with E-state index in [9.17, 15) is 8.78 Å². The van der Waals surface area contributed by atoms with Gasteiger partial charge >= 0.3 is 8.26 Å². The molecule has 4 aromatic carbocycles. The number of methoxy groups -OCH3 is 4. The first-order valence-corrected chi connectivity index (χ1v) is 18.4. The zero-order valence-corrected chi connectivity index (χ0v) is 31.8. The van der Waals surface area contributed by atoms with E-state index < -0.39 is 19.9 Å². The van der Waals surface area contributed by atoms with Gasteiger partial charge in [0, 0.05) is 62.6 Å². The van der Waals surface area contributed by atoms with Crippen molar-refractivity contribution in [3.8, 4) is 45.3 Å². The van der Waals surface area contributed by atoms with Crippen molar-refractivity contribution in [3.05, 3.63) is 93.2 Å². The number of halogens is 8. The summed E-state index contributed by atoms with van der Waals surface area (Å²) < 4.78 is 68.9. The quantitative estimate of drug-likeness (QED) is 0.118. The summed E-state index contributed by atoms with van der Waals surface area (Å²) in [6.45, 7) is 0. The zero-order chi connectivity index (χ0) is 37.6. The van der Waals surface area contributed by atoms with Crippen LogP contribution < -0.4 is 18.9 Å². The second-order valence-corrected chi connectivity index (χ2v) is 14.9. The first-order valence-electron chi connectivity index (χ1n) is 13.8. The van der Waals surface area contributed by atoms with Crippen LogP contribution >= 0.6 is 67.8 Å². The normalized spacial score (nSPS) is 10.9. The minimum absolute atomic E-state index is 0.0359. The first-order chi connectivity index (χ1) is 24.1. The summed E-state index contributed by atoms with van der Waals surface area (Å²) in [6, 6.07) is 13.2. The van der Waals surface area contributed by atoms with Gasteiger partial charge in [-0.3, -0.25) is 0 Å². The molecule has 0 fully saturated rings. The molecule has 6 rings (SSSR count). The topological polar surface area (TPSA) is 123 Å². The summed E-state index contributed by atoms with van der Waals surface area (Å²) in [5.74, 6) is 0.828. The van der Waals surface area contributed by atoms with E-state index in [0.29, 0.717) is 50.5 Å². The number of nitrogens with zero attached hydrogens (tertiary/aromatic N) is 4. The Morgan fingerprint density at radius 1 is 0.608 bits per heavy atom. The van der Waals surface area contributed by atoms with Crippen LogP contribution in [-0.2, 0) is 8.26 Å². The Morgan fingerprint density at radius 2 is 1.02 bits per heavy atom. The lowest BCUT2D eigenvalue weighted by Crippen LogP contribution is -1.96. The van der Waals surface area contributed by atoms with Crippen LogP contribution in [0, 0.1) is 11.6 Å². The predicted molar refractivity (Wildman–Crippen MR) is 197 cm³/mol. The second-order valence-electron chi connectivity index (χ2n) is 9.76. The smallest absolute Gasteiger partial charge is 0.317 e. The highest BCUT2D eigenvalue weighted by Gasteiger charge is 2.22. The number of hydrogen-bond acceptors (Lipinski definition) is 10. The van der Waals surface area contributed by atoms with Gasteiger partial charge in [-0.1, -0.05) is 23.2 Å². The Hall–Kier alpha value is -3.69. The van der Waals surface area contributed by atoms with Crippen molar-refractivity contribution in [1.82, 2.24) is 19.9 Å². The van der Waals surface area contributed by atoms with Crippen LogP contribution in [0.5, 0.6) is 23.0 Å². The summed E-state index contributed by atoms with van der Waals surface area (Å²) in [5, 5.41) is 0.985. The Bertz CT molecular complexity index is 2300. The summed E-state index contributed by atoms with van der Waals surface area (Å²) in [4.78, 5) is 15.6. The van der Waals surface area contributed by atoms with E-state index in [0.717, 1.165) is 0 Å².